The molecule has 178 valence electrons. The summed E-state index contributed by atoms with van der Waals surface area (Å²) < 4.78 is 86.3. The molecule has 0 unspecified atom stereocenters. The second-order valence-electron chi connectivity index (χ2n) is 7.15. The molecule has 34 heavy (non-hydrogen) atoms. The van der Waals surface area contributed by atoms with Crippen LogP contribution in [-0.4, -0.2) is 17.1 Å². The van der Waals surface area contributed by atoms with E-state index in [1.165, 1.54) is 16.8 Å². The van der Waals surface area contributed by atoms with Crippen LogP contribution < -0.4 is 0 Å². The number of nitrogens with zero attached hydrogens (tertiary/aromatic N) is 2. The van der Waals surface area contributed by atoms with Crippen LogP contribution in [-0.2, 0) is 28.4 Å². The van der Waals surface area contributed by atoms with Crippen LogP contribution in [0.15, 0.2) is 52.6 Å². The van der Waals surface area contributed by atoms with E-state index < -0.39 is 29.4 Å². The molecule has 1 aromatic heterocycles. The minimum Gasteiger partial charge on any atom is -0.462 e. The number of halogens is 7. The van der Waals surface area contributed by atoms with Crippen LogP contribution in [0.3, 0.4) is 0 Å². The molecule has 0 bridgehead atoms. The number of hydrogen-bond donors (Lipinski definition) is 0. The molecule has 0 aliphatic rings. The largest absolute Gasteiger partial charge is 0.462 e. The number of alkyl halides is 6. The van der Waals surface area contributed by atoms with E-state index in [1.807, 2.05) is 0 Å². The highest BCUT2D eigenvalue weighted by molar-refractivity contribution is 9.10. The molecule has 0 aliphatic heterocycles. The highest BCUT2D eigenvalue weighted by atomic mass is 79.9. The summed E-state index contributed by atoms with van der Waals surface area (Å²) in [6.45, 7) is 1.29. The highest BCUT2D eigenvalue weighted by Gasteiger charge is 2.37. The molecule has 0 aliphatic carbocycles. The van der Waals surface area contributed by atoms with Gasteiger partial charge < -0.3 is 9.30 Å². The fourth-order valence-electron chi connectivity index (χ4n) is 3.39. The van der Waals surface area contributed by atoms with Crippen LogP contribution in [0.25, 0.3) is 17.0 Å². The van der Waals surface area contributed by atoms with E-state index in [2.05, 4.69) is 15.9 Å². The van der Waals surface area contributed by atoms with Gasteiger partial charge in [0.15, 0.2) is 0 Å². The zero-order chi connectivity index (χ0) is 25.3. The fourth-order valence-corrected chi connectivity index (χ4v) is 3.97. The molecule has 2 aromatic carbocycles. The lowest BCUT2D eigenvalue weighted by Gasteiger charge is -2.15. The van der Waals surface area contributed by atoms with Crippen molar-refractivity contribution in [3.8, 4) is 6.07 Å². The van der Waals surface area contributed by atoms with Crippen LogP contribution in [0.1, 0.15) is 29.2 Å². The average molecular weight is 545 g/mol. The molecule has 1 heterocycles. The van der Waals surface area contributed by atoms with Crippen LogP contribution >= 0.6 is 15.9 Å². The summed E-state index contributed by atoms with van der Waals surface area (Å²) in [5.41, 5.74) is -2.54. The summed E-state index contributed by atoms with van der Waals surface area (Å²) in [6, 6.07) is 8.06. The molecule has 0 saturated heterocycles. The Bertz CT molecular complexity index is 1280. The molecule has 11 heteroatoms. The third kappa shape index (κ3) is 5.44. The minimum absolute atomic E-state index is 0.0421. The topological polar surface area (TPSA) is 55.0 Å². The van der Waals surface area contributed by atoms with E-state index >= 15 is 0 Å². The zero-order valence-corrected chi connectivity index (χ0v) is 19.0. The molecule has 0 fully saturated rings. The number of hydrogen-bond acceptors (Lipinski definition) is 3. The minimum atomic E-state index is -4.97. The number of aromatic nitrogens is 1. The van der Waals surface area contributed by atoms with E-state index in [1.54, 1.807) is 31.2 Å². The van der Waals surface area contributed by atoms with Crippen LogP contribution in [0.5, 0.6) is 0 Å². The number of nitriles is 1. The Morgan fingerprint density at radius 1 is 1.12 bits per heavy atom. The standard InChI is InChI=1S/C23H15BrF6N2O2/c1-2-34-21(33)14(10-31)8-15-12-32(19-5-3-4-18(24)20(15)19)11-13-6-16(22(25,26)27)9-17(7-13)23(28,29)30/h3-9,12H,2,11H2,1H3/b14-8+. The lowest BCUT2D eigenvalue weighted by Crippen LogP contribution is -2.12. The first-order chi connectivity index (χ1) is 15.8. The number of fused-ring (bicyclic) bond motifs is 1. The molecule has 3 aromatic rings. The number of benzene rings is 2. The van der Waals surface area contributed by atoms with E-state index in [0.717, 1.165) is 0 Å². The van der Waals surface area contributed by atoms with Gasteiger partial charge in [-0.2, -0.15) is 31.6 Å². The predicted molar refractivity (Wildman–Crippen MR) is 115 cm³/mol. The first kappa shape index (κ1) is 25.4. The third-order valence-corrected chi connectivity index (χ3v) is 5.46. The van der Waals surface area contributed by atoms with Crippen LogP contribution in [0.4, 0.5) is 26.3 Å². The average Bonchev–Trinajstić information content (AvgIpc) is 3.09. The van der Waals surface area contributed by atoms with Crippen LogP contribution in [0.2, 0.25) is 0 Å². The third-order valence-electron chi connectivity index (χ3n) is 4.80. The van der Waals surface area contributed by atoms with E-state index in [-0.39, 0.29) is 30.4 Å². The van der Waals surface area contributed by atoms with Gasteiger partial charge in [0.25, 0.3) is 0 Å². The molecule has 0 amide bonds. The Labute approximate surface area is 198 Å². The lowest BCUT2D eigenvalue weighted by atomic mass is 10.0. The monoisotopic (exact) mass is 544 g/mol. The van der Waals surface area contributed by atoms with Crippen molar-refractivity contribution < 1.29 is 35.9 Å². The summed E-state index contributed by atoms with van der Waals surface area (Å²) in [4.78, 5) is 12.0. The maximum absolute atomic E-state index is 13.2. The normalized spacial score (nSPS) is 12.6. The molecule has 0 saturated carbocycles. The van der Waals surface area contributed by atoms with Crippen molar-refractivity contribution in [2.45, 2.75) is 25.8 Å². The smallest absolute Gasteiger partial charge is 0.416 e. The Balaban J connectivity index is 2.17. The van der Waals surface area contributed by atoms with Crippen molar-refractivity contribution in [3.63, 3.8) is 0 Å². The SMILES string of the molecule is CCOC(=O)/C(C#N)=C/c1cn(Cc2cc(C(F)(F)F)cc(C(F)(F)F)c2)c2cccc(Br)c12. The Morgan fingerprint density at radius 3 is 2.26 bits per heavy atom. The summed E-state index contributed by atoms with van der Waals surface area (Å²) in [6.07, 6.45) is -7.23. The van der Waals surface area contributed by atoms with Gasteiger partial charge in [-0.15, -0.1) is 0 Å². The first-order valence-electron chi connectivity index (χ1n) is 9.69. The van der Waals surface area contributed by atoms with Crippen molar-refractivity contribution in [2.24, 2.45) is 0 Å². The van der Waals surface area contributed by atoms with Gasteiger partial charge in [-0.1, -0.05) is 22.0 Å². The van der Waals surface area contributed by atoms with Crippen molar-refractivity contribution >= 4 is 38.9 Å². The van der Waals surface area contributed by atoms with Crippen LogP contribution in [0, 0.1) is 11.3 Å². The summed E-state index contributed by atoms with van der Waals surface area (Å²) >= 11 is 3.36. The maximum atomic E-state index is 13.2. The Kier molecular flexibility index (Phi) is 7.12. The van der Waals surface area contributed by atoms with Gasteiger partial charge in [-0.25, -0.2) is 4.79 Å². The quantitative estimate of drug-likeness (QED) is 0.151. The summed E-state index contributed by atoms with van der Waals surface area (Å²) in [7, 11) is 0. The Hall–Kier alpha value is -3.26. The van der Waals surface area contributed by atoms with Crippen molar-refractivity contribution in [1.82, 2.24) is 4.57 Å². The van der Waals surface area contributed by atoms with E-state index in [9.17, 15) is 36.4 Å². The maximum Gasteiger partial charge on any atom is 0.416 e. The van der Waals surface area contributed by atoms with Crippen molar-refractivity contribution in [1.29, 1.82) is 5.26 Å². The van der Waals surface area contributed by atoms with Gasteiger partial charge in [0.2, 0.25) is 0 Å². The zero-order valence-electron chi connectivity index (χ0n) is 17.4. The van der Waals surface area contributed by atoms with Gasteiger partial charge in [-0.3, -0.25) is 0 Å². The lowest BCUT2D eigenvalue weighted by molar-refractivity contribution is -0.143. The second-order valence-corrected chi connectivity index (χ2v) is 8.01. The molecule has 4 nitrogen and oxygen atoms in total. The second kappa shape index (κ2) is 9.54. The molecular formula is C23H15BrF6N2O2. The molecule has 0 N–H and O–H groups in total. The number of carbonyl (C=O) groups is 1. The molecular weight excluding hydrogens is 530 g/mol. The Morgan fingerprint density at radius 2 is 1.74 bits per heavy atom. The number of esters is 1. The number of rotatable bonds is 5. The molecule has 0 spiro atoms. The van der Waals surface area contributed by atoms with Gasteiger partial charge >= 0.3 is 18.3 Å². The number of carbonyl (C=O) groups excluding carboxylic acids is 1. The number of ether oxygens (including phenoxy) is 1. The predicted octanol–water partition coefficient (Wildman–Crippen LogP) is 6.96. The van der Waals surface area contributed by atoms with Gasteiger partial charge in [0.05, 0.1) is 23.3 Å². The van der Waals surface area contributed by atoms with Gasteiger partial charge in [0, 0.05) is 28.2 Å². The molecule has 3 rings (SSSR count). The van der Waals surface area contributed by atoms with Crippen molar-refractivity contribution in [3.05, 3.63) is 74.9 Å². The molecule has 0 atom stereocenters. The van der Waals surface area contributed by atoms with E-state index in [0.29, 0.717) is 33.1 Å². The molecule has 0 radical (unpaired) electrons. The summed E-state index contributed by atoms with van der Waals surface area (Å²) in [5, 5.41) is 9.85. The first-order valence-corrected chi connectivity index (χ1v) is 10.5. The fraction of sp³-hybridized carbons (Fsp3) is 0.217. The van der Waals surface area contributed by atoms with Gasteiger partial charge in [-0.05, 0) is 48.9 Å². The van der Waals surface area contributed by atoms with Gasteiger partial charge in [0.1, 0.15) is 11.6 Å². The highest BCUT2D eigenvalue weighted by Crippen LogP contribution is 2.37. The van der Waals surface area contributed by atoms with Crippen molar-refractivity contribution in [2.75, 3.05) is 6.61 Å². The van der Waals surface area contributed by atoms with E-state index in [4.69, 9.17) is 4.74 Å². The summed E-state index contributed by atoms with van der Waals surface area (Å²) in [5.74, 6) is -0.856.